The molecule has 2 nitrogen and oxygen atoms in total. The first-order valence-electron chi connectivity index (χ1n) is 23.1. The average Bonchev–Trinajstić information content (AvgIpc) is 3.94. The van der Waals surface area contributed by atoms with Crippen LogP contribution in [0.1, 0.15) is 22.3 Å². The smallest absolute Gasteiger partial charge is 0.159 e. The third-order valence-corrected chi connectivity index (χ3v) is 13.9. The van der Waals surface area contributed by atoms with Crippen LogP contribution in [0.25, 0.3) is 77.2 Å². The molecule has 67 heavy (non-hydrogen) atoms. The van der Waals surface area contributed by atoms with E-state index in [-0.39, 0.29) is 0 Å². The maximum absolute atomic E-state index is 7.38. The minimum atomic E-state index is -0.569. The lowest BCUT2D eigenvalue weighted by Gasteiger charge is -2.35. The highest BCUT2D eigenvalue weighted by Crippen LogP contribution is 2.58. The zero-order valence-corrected chi connectivity index (χ0v) is 36.7. The summed E-state index contributed by atoms with van der Waals surface area (Å²) in [6, 6.07) is 94.9. The van der Waals surface area contributed by atoms with E-state index >= 15 is 0 Å². The molecule has 13 rings (SSSR count). The van der Waals surface area contributed by atoms with E-state index < -0.39 is 5.41 Å². The van der Waals surface area contributed by atoms with Gasteiger partial charge in [0.05, 0.1) is 11.1 Å². The first kappa shape index (κ1) is 38.7. The molecule has 0 spiro atoms. The molecular weight excluding hydrogens is 811 g/mol. The third kappa shape index (κ3) is 6.18. The fourth-order valence-corrected chi connectivity index (χ4v) is 10.9. The Morgan fingerprint density at radius 2 is 0.776 bits per heavy atom. The molecule has 0 saturated carbocycles. The van der Waals surface area contributed by atoms with Crippen molar-refractivity contribution >= 4 is 49.8 Å². The van der Waals surface area contributed by atoms with E-state index in [0.717, 1.165) is 66.5 Å². The zero-order valence-electron chi connectivity index (χ0n) is 36.7. The first-order chi connectivity index (χ1) is 33.2. The molecule has 0 unspecified atom stereocenters. The average molecular weight is 854 g/mol. The van der Waals surface area contributed by atoms with Gasteiger partial charge in [-0.05, 0) is 115 Å². The molecule has 1 aromatic heterocycles. The summed E-state index contributed by atoms with van der Waals surface area (Å²) >= 11 is 0. The van der Waals surface area contributed by atoms with Crippen LogP contribution in [0.15, 0.2) is 265 Å². The highest BCUT2D eigenvalue weighted by molar-refractivity contribution is 6.21. The summed E-state index contributed by atoms with van der Waals surface area (Å²) in [5.74, 6) is 0. The van der Waals surface area contributed by atoms with E-state index in [4.69, 9.17) is 4.42 Å². The van der Waals surface area contributed by atoms with Crippen molar-refractivity contribution in [1.82, 2.24) is 0 Å². The van der Waals surface area contributed by atoms with E-state index in [1.54, 1.807) is 0 Å². The van der Waals surface area contributed by atoms with Crippen LogP contribution in [0.5, 0.6) is 0 Å². The van der Waals surface area contributed by atoms with E-state index in [9.17, 15) is 0 Å². The largest absolute Gasteiger partial charge is 0.453 e. The second-order valence-corrected chi connectivity index (χ2v) is 17.6. The van der Waals surface area contributed by atoms with Crippen LogP contribution in [-0.2, 0) is 5.41 Å². The molecule has 0 amide bonds. The predicted octanol–water partition coefficient (Wildman–Crippen LogP) is 17.6. The fourth-order valence-electron chi connectivity index (χ4n) is 10.9. The molecular formula is C65H43NO. The number of benzene rings is 11. The number of nitrogens with zero attached hydrogens (tertiary/aromatic N) is 1. The fraction of sp³-hybridized carbons (Fsp3) is 0.0154. The van der Waals surface area contributed by atoms with Crippen LogP contribution in [0.3, 0.4) is 0 Å². The Bertz CT molecular complexity index is 3730. The summed E-state index contributed by atoms with van der Waals surface area (Å²) in [4.78, 5) is 2.43. The van der Waals surface area contributed by atoms with Crippen molar-refractivity contribution in [3.8, 4) is 44.5 Å². The summed E-state index contributed by atoms with van der Waals surface area (Å²) in [7, 11) is 0. The van der Waals surface area contributed by atoms with Gasteiger partial charge in [-0.25, -0.2) is 0 Å². The standard InChI is InChI=1S/C65H43NO/c1-6-20-44(21-7-1)46-34-36-51(37-35-46)66(52-38-39-55-54-31-18-19-33-60(54)65(61(55)42-52,49-26-12-4-13-27-49)50-28-14-5-15-29-50)62-41-48(45-22-8-2-9-23-45)40-58-59-43-57(47-24-10-3-11-25-47)53-30-16-17-32-56(53)63(59)67-64(58)62/h1-43H. The van der Waals surface area contributed by atoms with Crippen molar-refractivity contribution in [1.29, 1.82) is 0 Å². The van der Waals surface area contributed by atoms with Gasteiger partial charge in [0, 0.05) is 27.5 Å². The van der Waals surface area contributed by atoms with Gasteiger partial charge in [-0.15, -0.1) is 0 Å². The molecule has 1 heterocycles. The number of hydrogen-bond donors (Lipinski definition) is 0. The maximum Gasteiger partial charge on any atom is 0.159 e. The summed E-state index contributed by atoms with van der Waals surface area (Å²) in [6.07, 6.45) is 0. The van der Waals surface area contributed by atoms with Crippen LogP contribution in [0.2, 0.25) is 0 Å². The Kier molecular flexibility index (Phi) is 9.11. The quantitative estimate of drug-likeness (QED) is 0.151. The van der Waals surface area contributed by atoms with Crippen molar-refractivity contribution in [2.75, 3.05) is 4.90 Å². The number of rotatable bonds is 8. The molecule has 0 radical (unpaired) electrons. The van der Waals surface area contributed by atoms with Gasteiger partial charge in [0.2, 0.25) is 0 Å². The highest BCUT2D eigenvalue weighted by Gasteiger charge is 2.46. The summed E-state index contributed by atoms with van der Waals surface area (Å²) in [6.45, 7) is 0. The van der Waals surface area contributed by atoms with Crippen molar-refractivity contribution in [2.45, 2.75) is 5.41 Å². The van der Waals surface area contributed by atoms with Gasteiger partial charge >= 0.3 is 0 Å². The van der Waals surface area contributed by atoms with Crippen molar-refractivity contribution < 1.29 is 4.42 Å². The van der Waals surface area contributed by atoms with Gasteiger partial charge in [0.15, 0.2) is 5.58 Å². The van der Waals surface area contributed by atoms with Gasteiger partial charge in [0.25, 0.3) is 0 Å². The Morgan fingerprint density at radius 3 is 1.43 bits per heavy atom. The Labute approximate surface area is 390 Å². The van der Waals surface area contributed by atoms with Gasteiger partial charge in [-0.1, -0.05) is 218 Å². The molecule has 11 aromatic carbocycles. The van der Waals surface area contributed by atoms with Crippen molar-refractivity contribution in [3.05, 3.63) is 283 Å². The molecule has 314 valence electrons. The molecule has 0 atom stereocenters. The Hall–Kier alpha value is -8.72. The Balaban J connectivity index is 1.13. The Morgan fingerprint density at radius 1 is 0.284 bits per heavy atom. The van der Waals surface area contributed by atoms with Gasteiger partial charge in [-0.2, -0.15) is 0 Å². The lowest BCUT2D eigenvalue weighted by Crippen LogP contribution is -2.28. The van der Waals surface area contributed by atoms with E-state index in [2.05, 4.69) is 266 Å². The van der Waals surface area contributed by atoms with E-state index in [0.29, 0.717) is 0 Å². The molecule has 1 aliphatic rings. The van der Waals surface area contributed by atoms with Crippen molar-refractivity contribution in [3.63, 3.8) is 0 Å². The number of fused-ring (bicyclic) bond motifs is 8. The molecule has 2 heteroatoms. The van der Waals surface area contributed by atoms with E-state index in [1.165, 1.54) is 50.1 Å². The molecule has 12 aromatic rings. The van der Waals surface area contributed by atoms with Crippen molar-refractivity contribution in [2.24, 2.45) is 0 Å². The van der Waals surface area contributed by atoms with Gasteiger partial charge in [-0.3, -0.25) is 0 Å². The molecule has 0 fully saturated rings. The second-order valence-electron chi connectivity index (χ2n) is 17.6. The third-order valence-electron chi connectivity index (χ3n) is 13.9. The molecule has 1 aliphatic carbocycles. The van der Waals surface area contributed by atoms with Crippen LogP contribution < -0.4 is 4.90 Å². The number of furan rings is 1. The van der Waals surface area contributed by atoms with E-state index in [1.807, 2.05) is 0 Å². The van der Waals surface area contributed by atoms with Crippen LogP contribution >= 0.6 is 0 Å². The first-order valence-corrected chi connectivity index (χ1v) is 23.1. The van der Waals surface area contributed by atoms with Crippen LogP contribution in [-0.4, -0.2) is 0 Å². The SMILES string of the molecule is c1ccc(-c2ccc(N(c3ccc4c(c3)C(c3ccccc3)(c3ccccc3)c3ccccc3-4)c3cc(-c4ccccc4)cc4c3oc3c5ccccc5c(-c5ccccc5)cc43)cc2)cc1. The monoisotopic (exact) mass is 853 g/mol. The minimum Gasteiger partial charge on any atom is -0.453 e. The topological polar surface area (TPSA) is 16.4 Å². The minimum absolute atomic E-state index is 0.569. The lowest BCUT2D eigenvalue weighted by atomic mass is 9.67. The summed E-state index contributed by atoms with van der Waals surface area (Å²) in [5, 5.41) is 4.40. The zero-order chi connectivity index (χ0) is 44.3. The normalized spacial score (nSPS) is 12.6. The van der Waals surface area contributed by atoms with Crippen LogP contribution in [0.4, 0.5) is 17.1 Å². The highest BCUT2D eigenvalue weighted by atomic mass is 16.3. The maximum atomic E-state index is 7.38. The van der Waals surface area contributed by atoms with Gasteiger partial charge < -0.3 is 9.32 Å². The molecule has 0 bridgehead atoms. The number of hydrogen-bond acceptors (Lipinski definition) is 2. The lowest BCUT2D eigenvalue weighted by molar-refractivity contribution is 0.673. The summed E-state index contributed by atoms with van der Waals surface area (Å²) < 4.78 is 7.38. The molecule has 0 aliphatic heterocycles. The molecule has 0 saturated heterocycles. The number of anilines is 3. The predicted molar refractivity (Wildman–Crippen MR) is 280 cm³/mol. The second kappa shape index (κ2) is 15.8. The summed E-state index contributed by atoms with van der Waals surface area (Å²) in [5.41, 5.74) is 18.6. The van der Waals surface area contributed by atoms with Crippen LogP contribution in [0, 0.1) is 0 Å². The molecule has 0 N–H and O–H groups in total. The van der Waals surface area contributed by atoms with Gasteiger partial charge in [0.1, 0.15) is 5.58 Å².